The minimum atomic E-state index is 0.0741. The molecule has 1 aromatic carbocycles. The third-order valence-corrected chi connectivity index (χ3v) is 5.57. The molecule has 2 heterocycles. The molecular formula is C19H29N3O2. The van der Waals surface area contributed by atoms with E-state index in [1.807, 2.05) is 30.9 Å². The maximum atomic E-state index is 12.5. The Kier molecular flexibility index (Phi) is 4.99. The second-order valence-corrected chi connectivity index (χ2v) is 7.42. The van der Waals surface area contributed by atoms with Gasteiger partial charge in [-0.2, -0.15) is 0 Å². The lowest BCUT2D eigenvalue weighted by molar-refractivity contribution is 0.131. The lowest BCUT2D eigenvalue weighted by Crippen LogP contribution is -2.51. The van der Waals surface area contributed by atoms with E-state index in [1.165, 1.54) is 6.42 Å². The summed E-state index contributed by atoms with van der Waals surface area (Å²) < 4.78 is 0. The molecule has 0 radical (unpaired) electrons. The van der Waals surface area contributed by atoms with Crippen molar-refractivity contribution in [3.05, 3.63) is 28.8 Å². The van der Waals surface area contributed by atoms with E-state index < -0.39 is 0 Å². The molecule has 1 aromatic rings. The molecule has 2 aliphatic heterocycles. The number of hydrogen-bond acceptors (Lipinski definition) is 3. The van der Waals surface area contributed by atoms with Crippen LogP contribution in [0.5, 0.6) is 5.75 Å². The van der Waals surface area contributed by atoms with Crippen molar-refractivity contribution >= 4 is 6.03 Å². The van der Waals surface area contributed by atoms with Gasteiger partial charge < -0.3 is 20.2 Å². The number of carbonyl (C=O) groups is 1. The van der Waals surface area contributed by atoms with Gasteiger partial charge in [0.1, 0.15) is 5.75 Å². The van der Waals surface area contributed by atoms with Crippen molar-refractivity contribution < 1.29 is 9.90 Å². The van der Waals surface area contributed by atoms with Crippen molar-refractivity contribution in [2.75, 3.05) is 33.2 Å². The monoisotopic (exact) mass is 331 g/mol. The van der Waals surface area contributed by atoms with E-state index in [-0.39, 0.29) is 6.03 Å². The molecule has 2 fully saturated rings. The van der Waals surface area contributed by atoms with E-state index in [0.29, 0.717) is 24.3 Å². The Morgan fingerprint density at radius 1 is 1.25 bits per heavy atom. The molecule has 0 saturated carbocycles. The quantitative estimate of drug-likeness (QED) is 0.893. The van der Waals surface area contributed by atoms with Crippen molar-refractivity contribution in [3.8, 4) is 5.75 Å². The van der Waals surface area contributed by atoms with Gasteiger partial charge in [0, 0.05) is 25.7 Å². The van der Waals surface area contributed by atoms with Crippen molar-refractivity contribution in [2.24, 2.45) is 5.92 Å². The summed E-state index contributed by atoms with van der Waals surface area (Å²) >= 11 is 0. The van der Waals surface area contributed by atoms with Crippen molar-refractivity contribution in [1.29, 1.82) is 0 Å². The number of nitrogens with one attached hydrogen (secondary N) is 1. The van der Waals surface area contributed by atoms with Crippen LogP contribution in [0.1, 0.15) is 29.5 Å². The molecule has 5 heteroatoms. The van der Waals surface area contributed by atoms with Crippen molar-refractivity contribution in [2.45, 2.75) is 39.2 Å². The topological polar surface area (TPSA) is 55.8 Å². The van der Waals surface area contributed by atoms with Gasteiger partial charge in [-0.15, -0.1) is 0 Å². The fourth-order valence-electron chi connectivity index (χ4n) is 4.16. The zero-order valence-electron chi connectivity index (χ0n) is 15.0. The van der Waals surface area contributed by atoms with Crippen LogP contribution < -0.4 is 5.32 Å². The van der Waals surface area contributed by atoms with E-state index in [2.05, 4.69) is 17.3 Å². The van der Waals surface area contributed by atoms with Crippen LogP contribution in [0.2, 0.25) is 0 Å². The molecule has 2 saturated heterocycles. The fourth-order valence-corrected chi connectivity index (χ4v) is 4.16. The standard InChI is InChI=1S/C19H29N3O2/c1-13-10-15(11-14(2)18(13)23)4-7-20-19(24)22-9-6-16-5-8-21(3)12-17(16)22/h10-11,16-17,23H,4-9,12H2,1-3H3,(H,20,24)/t16-,17+/m0/s1. The zero-order valence-corrected chi connectivity index (χ0v) is 15.0. The third-order valence-electron chi connectivity index (χ3n) is 5.57. The smallest absolute Gasteiger partial charge is 0.317 e. The number of nitrogens with zero attached hydrogens (tertiary/aromatic N) is 2. The number of aryl methyl sites for hydroxylation is 2. The van der Waals surface area contributed by atoms with E-state index in [9.17, 15) is 9.90 Å². The summed E-state index contributed by atoms with van der Waals surface area (Å²) in [4.78, 5) is 16.9. The Bertz CT molecular complexity index is 594. The third kappa shape index (κ3) is 3.51. The van der Waals surface area contributed by atoms with Gasteiger partial charge in [-0.25, -0.2) is 4.79 Å². The van der Waals surface area contributed by atoms with Crippen molar-refractivity contribution in [3.63, 3.8) is 0 Å². The van der Waals surface area contributed by atoms with Gasteiger partial charge in [-0.05, 0) is 69.3 Å². The molecule has 0 aliphatic carbocycles. The van der Waals surface area contributed by atoms with Gasteiger partial charge in [0.15, 0.2) is 0 Å². The molecule has 0 spiro atoms. The molecule has 2 atom stereocenters. The van der Waals surface area contributed by atoms with Gasteiger partial charge >= 0.3 is 6.03 Å². The summed E-state index contributed by atoms with van der Waals surface area (Å²) in [6, 6.07) is 4.44. The molecule has 0 bridgehead atoms. The van der Waals surface area contributed by atoms with Gasteiger partial charge in [-0.1, -0.05) is 12.1 Å². The molecule has 0 aromatic heterocycles. The Hall–Kier alpha value is -1.75. The maximum absolute atomic E-state index is 12.5. The number of phenolic OH excluding ortho intramolecular Hbond substituents is 1. The Balaban J connectivity index is 1.53. The summed E-state index contributed by atoms with van der Waals surface area (Å²) in [5.41, 5.74) is 2.94. The Morgan fingerprint density at radius 3 is 2.62 bits per heavy atom. The number of amides is 2. The minimum absolute atomic E-state index is 0.0741. The number of benzene rings is 1. The molecule has 2 amide bonds. The first-order valence-corrected chi connectivity index (χ1v) is 8.98. The summed E-state index contributed by atoms with van der Waals surface area (Å²) in [5, 5.41) is 12.9. The number of fused-ring (bicyclic) bond motifs is 1. The van der Waals surface area contributed by atoms with Crippen LogP contribution in [0, 0.1) is 19.8 Å². The van der Waals surface area contributed by atoms with Crippen LogP contribution in [0.4, 0.5) is 4.79 Å². The zero-order chi connectivity index (χ0) is 17.3. The predicted octanol–water partition coefficient (Wildman–Crippen LogP) is 2.29. The molecule has 132 valence electrons. The average molecular weight is 331 g/mol. The fraction of sp³-hybridized carbons (Fsp3) is 0.632. The van der Waals surface area contributed by atoms with E-state index in [1.54, 1.807) is 0 Å². The van der Waals surface area contributed by atoms with E-state index in [0.717, 1.165) is 49.2 Å². The van der Waals surface area contributed by atoms with Crippen LogP contribution in [0.15, 0.2) is 12.1 Å². The molecule has 3 rings (SSSR count). The molecule has 5 nitrogen and oxygen atoms in total. The van der Waals surface area contributed by atoms with Gasteiger partial charge in [0.2, 0.25) is 0 Å². The average Bonchev–Trinajstić information content (AvgIpc) is 2.95. The van der Waals surface area contributed by atoms with Crippen LogP contribution in [0.3, 0.4) is 0 Å². The maximum Gasteiger partial charge on any atom is 0.317 e. The van der Waals surface area contributed by atoms with Crippen molar-refractivity contribution in [1.82, 2.24) is 15.1 Å². The first-order chi connectivity index (χ1) is 11.5. The first-order valence-electron chi connectivity index (χ1n) is 8.98. The number of likely N-dealkylation sites (tertiary alicyclic amines) is 2. The molecule has 2 aliphatic rings. The molecule has 24 heavy (non-hydrogen) atoms. The number of likely N-dealkylation sites (N-methyl/N-ethyl adjacent to an activating group) is 1. The van der Waals surface area contributed by atoms with E-state index >= 15 is 0 Å². The predicted molar refractivity (Wildman–Crippen MR) is 95.4 cm³/mol. The normalized spacial score (nSPS) is 24.0. The second-order valence-electron chi connectivity index (χ2n) is 7.42. The van der Waals surface area contributed by atoms with Crippen LogP contribution in [0.25, 0.3) is 0 Å². The van der Waals surface area contributed by atoms with E-state index in [4.69, 9.17) is 0 Å². The second kappa shape index (κ2) is 7.01. The van der Waals surface area contributed by atoms with Crippen LogP contribution >= 0.6 is 0 Å². The number of urea groups is 1. The van der Waals surface area contributed by atoms with Crippen LogP contribution in [-0.2, 0) is 6.42 Å². The lowest BCUT2D eigenvalue weighted by atomic mass is 9.92. The summed E-state index contributed by atoms with van der Waals surface area (Å²) in [6.07, 6.45) is 3.13. The molecular weight excluding hydrogens is 302 g/mol. The number of aromatic hydroxyl groups is 1. The van der Waals surface area contributed by atoms with Gasteiger partial charge in [0.25, 0.3) is 0 Å². The number of hydrogen-bond donors (Lipinski definition) is 2. The highest BCUT2D eigenvalue weighted by Crippen LogP contribution is 2.31. The number of carbonyl (C=O) groups excluding carboxylic acids is 1. The SMILES string of the molecule is Cc1cc(CCNC(=O)N2CC[C@@H]3CCN(C)C[C@H]32)cc(C)c1O. The largest absolute Gasteiger partial charge is 0.507 e. The highest BCUT2D eigenvalue weighted by molar-refractivity contribution is 5.75. The van der Waals surface area contributed by atoms with Crippen LogP contribution in [-0.4, -0.2) is 60.2 Å². The molecule has 2 N–H and O–H groups in total. The number of rotatable bonds is 3. The lowest BCUT2D eigenvalue weighted by Gasteiger charge is -2.36. The summed E-state index contributed by atoms with van der Waals surface area (Å²) in [6.45, 7) is 7.48. The summed E-state index contributed by atoms with van der Waals surface area (Å²) in [5.74, 6) is 1.04. The van der Waals surface area contributed by atoms with Gasteiger partial charge in [-0.3, -0.25) is 0 Å². The minimum Gasteiger partial charge on any atom is -0.507 e. The highest BCUT2D eigenvalue weighted by atomic mass is 16.3. The molecule has 0 unspecified atom stereocenters. The number of phenols is 1. The Labute approximate surface area is 144 Å². The van der Waals surface area contributed by atoms with Gasteiger partial charge in [0.05, 0.1) is 0 Å². The first kappa shape index (κ1) is 17.1. The highest BCUT2D eigenvalue weighted by Gasteiger charge is 2.39. The summed E-state index contributed by atoms with van der Waals surface area (Å²) in [7, 11) is 2.14. The number of piperidine rings is 1. The Morgan fingerprint density at radius 2 is 1.92 bits per heavy atom.